The summed E-state index contributed by atoms with van der Waals surface area (Å²) in [6.45, 7) is 11.3. The van der Waals surface area contributed by atoms with Gasteiger partial charge in [-0.25, -0.2) is 4.79 Å². The van der Waals surface area contributed by atoms with E-state index in [2.05, 4.69) is 21.3 Å². The Morgan fingerprint density at radius 1 is 0.875 bits per heavy atom. The molecule has 1 aliphatic heterocycles. The van der Waals surface area contributed by atoms with Gasteiger partial charge in [-0.3, -0.25) is 24.0 Å². The van der Waals surface area contributed by atoms with Crippen molar-refractivity contribution in [3.63, 3.8) is 0 Å². The number of carbonyl (C=O) groups excluding carboxylic acids is 6. The summed E-state index contributed by atoms with van der Waals surface area (Å²) in [5, 5.41) is 10.8. The Morgan fingerprint density at radius 2 is 1.52 bits per heavy atom. The average molecular weight is 564 g/mol. The number of hydrogen-bond donors (Lipinski definition) is 4. The fourth-order valence-electron chi connectivity index (χ4n) is 5.38. The first-order valence-corrected chi connectivity index (χ1v) is 14.7. The fourth-order valence-corrected chi connectivity index (χ4v) is 5.38. The van der Waals surface area contributed by atoms with Crippen molar-refractivity contribution in [2.45, 2.75) is 123 Å². The largest absolute Gasteiger partial charge is 0.349 e. The van der Waals surface area contributed by atoms with Gasteiger partial charge in [0.2, 0.25) is 17.6 Å². The highest BCUT2D eigenvalue weighted by Crippen LogP contribution is 2.29. The molecule has 3 atom stereocenters. The van der Waals surface area contributed by atoms with E-state index >= 15 is 0 Å². The molecule has 11 heteroatoms. The molecular weight excluding hydrogens is 514 g/mol. The minimum atomic E-state index is -1.10. The van der Waals surface area contributed by atoms with Crippen molar-refractivity contribution >= 4 is 35.3 Å². The normalized spacial score (nSPS) is 19.5. The first kappa shape index (κ1) is 33.2. The summed E-state index contributed by atoms with van der Waals surface area (Å²) >= 11 is 0. The number of likely N-dealkylation sites (tertiary alicyclic amines) is 1. The first-order valence-electron chi connectivity index (χ1n) is 14.7. The van der Waals surface area contributed by atoms with E-state index < -0.39 is 47.3 Å². The lowest BCUT2D eigenvalue weighted by Gasteiger charge is -2.35. The van der Waals surface area contributed by atoms with Gasteiger partial charge >= 0.3 is 6.03 Å². The van der Waals surface area contributed by atoms with E-state index in [1.807, 2.05) is 34.6 Å². The molecule has 5 amide bonds. The molecule has 0 radical (unpaired) electrons. The minimum absolute atomic E-state index is 0.00648. The third kappa shape index (κ3) is 10.5. The van der Waals surface area contributed by atoms with Crippen molar-refractivity contribution in [1.82, 2.24) is 26.2 Å². The van der Waals surface area contributed by atoms with Crippen molar-refractivity contribution in [1.29, 1.82) is 0 Å². The van der Waals surface area contributed by atoms with E-state index in [0.717, 1.165) is 32.1 Å². The van der Waals surface area contributed by atoms with Crippen LogP contribution in [-0.4, -0.2) is 77.0 Å². The molecule has 1 heterocycles. The highest BCUT2D eigenvalue weighted by molar-refractivity contribution is 6.38. The molecule has 1 aliphatic carbocycles. The second-order valence-corrected chi connectivity index (χ2v) is 12.7. The van der Waals surface area contributed by atoms with E-state index in [-0.39, 0.29) is 36.5 Å². The zero-order valence-electron chi connectivity index (χ0n) is 25.1. The van der Waals surface area contributed by atoms with Crippen LogP contribution >= 0.6 is 0 Å². The van der Waals surface area contributed by atoms with Crippen molar-refractivity contribution < 1.29 is 28.8 Å². The molecule has 0 aromatic carbocycles. The second kappa shape index (κ2) is 15.1. The van der Waals surface area contributed by atoms with Gasteiger partial charge in [0, 0.05) is 31.5 Å². The summed E-state index contributed by atoms with van der Waals surface area (Å²) in [5.74, 6) is -2.28. The number of urea groups is 1. The Balaban J connectivity index is 2.01. The van der Waals surface area contributed by atoms with Crippen LogP contribution < -0.4 is 21.3 Å². The van der Waals surface area contributed by atoms with Crippen LogP contribution in [0, 0.1) is 11.8 Å². The molecule has 0 aromatic rings. The molecule has 1 saturated heterocycles. The van der Waals surface area contributed by atoms with Gasteiger partial charge < -0.3 is 26.2 Å². The summed E-state index contributed by atoms with van der Waals surface area (Å²) < 4.78 is 0. The third-order valence-electron chi connectivity index (χ3n) is 7.30. The van der Waals surface area contributed by atoms with Gasteiger partial charge in [-0.2, -0.15) is 0 Å². The maximum absolute atomic E-state index is 13.8. The number of ketones is 2. The highest BCUT2D eigenvalue weighted by Gasteiger charge is 2.41. The molecule has 1 saturated carbocycles. The molecule has 0 bridgehead atoms. The number of nitrogens with zero attached hydrogens (tertiary/aromatic N) is 1. The monoisotopic (exact) mass is 563 g/mol. The Morgan fingerprint density at radius 3 is 2.12 bits per heavy atom. The SMILES string of the molecule is CC(C)CC(=O)CCNC(=O)C(=O)C(C)NC(=O)C1CCCN1C(=O)C(NC(=O)NC(C)(C)C)C1CCCCC1. The van der Waals surface area contributed by atoms with Crippen molar-refractivity contribution in [3.8, 4) is 0 Å². The minimum Gasteiger partial charge on any atom is -0.349 e. The lowest BCUT2D eigenvalue weighted by Crippen LogP contribution is -2.59. The van der Waals surface area contributed by atoms with Gasteiger partial charge in [-0.1, -0.05) is 33.1 Å². The lowest BCUT2D eigenvalue weighted by molar-refractivity contribution is -0.143. The number of hydrogen-bond acceptors (Lipinski definition) is 6. The van der Waals surface area contributed by atoms with Crippen molar-refractivity contribution in [3.05, 3.63) is 0 Å². The van der Waals surface area contributed by atoms with E-state index in [0.29, 0.717) is 25.8 Å². The maximum atomic E-state index is 13.8. The van der Waals surface area contributed by atoms with Gasteiger partial charge in [0.1, 0.15) is 17.9 Å². The quantitative estimate of drug-likeness (QED) is 0.267. The summed E-state index contributed by atoms with van der Waals surface area (Å²) in [6.07, 6.45) is 6.28. The van der Waals surface area contributed by atoms with Crippen LogP contribution in [0.4, 0.5) is 4.79 Å². The van der Waals surface area contributed by atoms with E-state index in [4.69, 9.17) is 0 Å². The van der Waals surface area contributed by atoms with E-state index in [1.165, 1.54) is 11.8 Å². The van der Waals surface area contributed by atoms with E-state index in [9.17, 15) is 28.8 Å². The van der Waals surface area contributed by atoms with Gasteiger partial charge in [0.15, 0.2) is 0 Å². The number of amides is 5. The van der Waals surface area contributed by atoms with Crippen molar-refractivity contribution in [2.24, 2.45) is 11.8 Å². The molecule has 11 nitrogen and oxygen atoms in total. The molecule has 2 rings (SSSR count). The Hall–Kier alpha value is -2.98. The summed E-state index contributed by atoms with van der Waals surface area (Å²) in [4.78, 5) is 77.9. The zero-order chi connectivity index (χ0) is 30.0. The Kier molecular flexibility index (Phi) is 12.6. The van der Waals surface area contributed by atoms with Crippen LogP contribution in [0.5, 0.6) is 0 Å². The molecule has 0 spiro atoms. The fraction of sp³-hybridized carbons (Fsp3) is 0.793. The number of rotatable bonds is 12. The molecule has 226 valence electrons. The third-order valence-corrected chi connectivity index (χ3v) is 7.30. The van der Waals surface area contributed by atoms with E-state index in [1.54, 1.807) is 0 Å². The Bertz CT molecular complexity index is 938. The van der Waals surface area contributed by atoms with Gasteiger partial charge in [-0.15, -0.1) is 0 Å². The molecule has 0 aromatic heterocycles. The summed E-state index contributed by atoms with van der Waals surface area (Å²) in [6, 6.07) is -3.06. The van der Waals surface area contributed by atoms with Crippen LogP contribution in [0.15, 0.2) is 0 Å². The van der Waals surface area contributed by atoms with Crippen LogP contribution in [0.3, 0.4) is 0 Å². The molecule has 3 unspecified atom stereocenters. The van der Waals surface area contributed by atoms with Gasteiger partial charge in [0.05, 0.1) is 6.04 Å². The van der Waals surface area contributed by atoms with Crippen LogP contribution in [0.2, 0.25) is 0 Å². The summed E-state index contributed by atoms with van der Waals surface area (Å²) in [5.41, 5.74) is -0.473. The molecular formula is C29H49N5O6. The van der Waals surface area contributed by atoms with Crippen LogP contribution in [0.25, 0.3) is 0 Å². The summed E-state index contributed by atoms with van der Waals surface area (Å²) in [7, 11) is 0. The molecule has 2 fully saturated rings. The van der Waals surface area contributed by atoms with Crippen molar-refractivity contribution in [2.75, 3.05) is 13.1 Å². The number of carbonyl (C=O) groups is 6. The Labute approximate surface area is 238 Å². The molecule has 40 heavy (non-hydrogen) atoms. The highest BCUT2D eigenvalue weighted by atomic mass is 16.2. The lowest BCUT2D eigenvalue weighted by atomic mass is 9.83. The first-order chi connectivity index (χ1) is 18.7. The topological polar surface area (TPSA) is 154 Å². The maximum Gasteiger partial charge on any atom is 0.315 e. The predicted molar refractivity (Wildman–Crippen MR) is 151 cm³/mol. The standard InChI is InChI=1S/C29H49N5O6/c1-18(2)17-21(35)14-15-30-26(38)24(36)19(3)31-25(37)22-13-10-16-34(22)27(39)23(20-11-8-7-9-12-20)32-28(40)33-29(4,5)6/h18-20,22-23H,7-17H2,1-6H3,(H,30,38)(H,31,37)(H2,32,33,40). The smallest absolute Gasteiger partial charge is 0.315 e. The average Bonchev–Trinajstić information content (AvgIpc) is 3.35. The van der Waals surface area contributed by atoms with Crippen LogP contribution in [0.1, 0.15) is 99.3 Å². The second-order valence-electron chi connectivity index (χ2n) is 12.7. The van der Waals surface area contributed by atoms with Crippen LogP contribution in [-0.2, 0) is 24.0 Å². The molecule has 4 N–H and O–H groups in total. The van der Waals surface area contributed by atoms with Gasteiger partial charge in [-0.05, 0) is 65.2 Å². The number of nitrogens with one attached hydrogen (secondary N) is 4. The predicted octanol–water partition coefficient (Wildman–Crippen LogP) is 2.22. The molecule has 2 aliphatic rings. The van der Waals surface area contributed by atoms with Gasteiger partial charge in [0.25, 0.3) is 5.91 Å². The number of Topliss-reactive ketones (excluding diaryl/α,β-unsaturated/α-hetero) is 2. The zero-order valence-corrected chi connectivity index (χ0v) is 25.1.